The molecule has 2 bridgehead atoms. The van der Waals surface area contributed by atoms with Crippen molar-refractivity contribution < 1.29 is 4.79 Å². The van der Waals surface area contributed by atoms with Gasteiger partial charge in [0, 0.05) is 76.3 Å². The van der Waals surface area contributed by atoms with Crippen molar-refractivity contribution in [2.24, 2.45) is 5.41 Å². The van der Waals surface area contributed by atoms with Crippen molar-refractivity contribution in [3.63, 3.8) is 0 Å². The van der Waals surface area contributed by atoms with Gasteiger partial charge < -0.3 is 14.8 Å². The van der Waals surface area contributed by atoms with Crippen LogP contribution in [0.4, 0.5) is 0 Å². The number of carbonyl (C=O) groups excluding carboxylic acids is 1. The fraction of sp³-hybridized carbons (Fsp3) is 0.694. The Hall–Kier alpha value is -2.15. The second-order valence-electron chi connectivity index (χ2n) is 14.8. The Balaban J connectivity index is 1.09. The van der Waals surface area contributed by atoms with E-state index in [1.54, 1.807) is 0 Å². The number of amides is 1. The minimum atomic E-state index is 0.322. The van der Waals surface area contributed by atoms with Crippen LogP contribution in [0.25, 0.3) is 11.3 Å². The number of likely N-dealkylation sites (tertiary alicyclic amines) is 1. The normalized spacial score (nSPS) is 23.9. The van der Waals surface area contributed by atoms with Crippen LogP contribution in [0, 0.1) is 19.3 Å². The second-order valence-corrected chi connectivity index (χ2v) is 14.8. The molecule has 1 aromatic heterocycles. The molecule has 4 fully saturated rings. The Labute approximate surface area is 254 Å². The highest BCUT2D eigenvalue weighted by molar-refractivity contribution is 5.78. The van der Waals surface area contributed by atoms with Crippen molar-refractivity contribution >= 4 is 5.91 Å². The average Bonchev–Trinajstić information content (AvgIpc) is 3.77. The number of aromatic amines is 1. The summed E-state index contributed by atoms with van der Waals surface area (Å²) < 4.78 is 0. The number of nitrogens with zero attached hydrogens (tertiary/aromatic N) is 4. The number of aryl methyl sites for hydroxylation is 3. The van der Waals surface area contributed by atoms with Gasteiger partial charge in [0.25, 0.3) is 0 Å². The number of H-pyrrole nitrogens is 1. The van der Waals surface area contributed by atoms with Gasteiger partial charge in [-0.25, -0.2) is 0 Å². The zero-order valence-corrected chi connectivity index (χ0v) is 26.9. The Kier molecular flexibility index (Phi) is 9.14. The topological polar surface area (TPSA) is 45.8 Å². The van der Waals surface area contributed by atoms with Gasteiger partial charge in [-0.1, -0.05) is 31.0 Å². The summed E-state index contributed by atoms with van der Waals surface area (Å²) in [4.78, 5) is 26.3. The predicted molar refractivity (Wildman–Crippen MR) is 173 cm³/mol. The smallest absolute Gasteiger partial charge is 0.236 e. The molecule has 1 aromatic carbocycles. The molecule has 42 heavy (non-hydrogen) atoms. The minimum Gasteiger partial charge on any atom is -0.361 e. The van der Waals surface area contributed by atoms with Crippen LogP contribution in [-0.4, -0.2) is 101 Å². The van der Waals surface area contributed by atoms with Gasteiger partial charge in [-0.15, -0.1) is 0 Å². The largest absolute Gasteiger partial charge is 0.361 e. The molecule has 5 heterocycles. The molecule has 0 radical (unpaired) electrons. The van der Waals surface area contributed by atoms with E-state index in [0.29, 0.717) is 17.9 Å². The van der Waals surface area contributed by atoms with Gasteiger partial charge in [0.15, 0.2) is 0 Å². The number of rotatable bonds is 11. The van der Waals surface area contributed by atoms with Crippen LogP contribution in [-0.2, 0) is 17.6 Å². The quantitative estimate of drug-likeness (QED) is 0.377. The molecule has 0 atom stereocenters. The first-order valence-corrected chi connectivity index (χ1v) is 17.0. The lowest BCUT2D eigenvalue weighted by atomic mass is 9.84. The Bertz CT molecular complexity index is 1180. The zero-order chi connectivity index (χ0) is 29.3. The van der Waals surface area contributed by atoms with E-state index in [9.17, 15) is 4.79 Å². The number of benzene rings is 1. The minimum absolute atomic E-state index is 0.322. The molecule has 6 heteroatoms. The highest BCUT2D eigenvalue weighted by Crippen LogP contribution is 2.40. The summed E-state index contributed by atoms with van der Waals surface area (Å²) in [6.07, 6.45) is 13.8. The van der Waals surface area contributed by atoms with E-state index in [-0.39, 0.29) is 0 Å². The standard InChI is InChI=1S/C36H55N5O/c1-27-21-28(2)23-30(22-27)35-33(12-16-38-17-19-39(20-18-38)25-34(42)40-14-5-6-15-40)29(24-37-35)11-13-36(3,4)26-41-31-7-8-32(41)10-9-31/h21-24,31-32,37H,5-20,25-26H2,1-4H3. The molecule has 1 N–H and O–H groups in total. The van der Waals surface area contributed by atoms with E-state index in [1.807, 2.05) is 0 Å². The third-order valence-corrected chi connectivity index (χ3v) is 10.8. The summed E-state index contributed by atoms with van der Waals surface area (Å²) in [5, 5.41) is 0. The van der Waals surface area contributed by atoms with Gasteiger partial charge in [-0.05, 0) is 106 Å². The van der Waals surface area contributed by atoms with E-state index >= 15 is 0 Å². The van der Waals surface area contributed by atoms with E-state index in [0.717, 1.165) is 70.7 Å². The summed E-state index contributed by atoms with van der Waals surface area (Å²) in [7, 11) is 0. The van der Waals surface area contributed by atoms with E-state index in [4.69, 9.17) is 0 Å². The fourth-order valence-electron chi connectivity index (χ4n) is 8.40. The third kappa shape index (κ3) is 6.97. The SMILES string of the molecule is Cc1cc(C)cc(-c2[nH]cc(CCC(C)(C)CN3C4CCC3CC4)c2CCN2CCN(CC(=O)N3CCCC3)CC2)c1. The van der Waals surface area contributed by atoms with Crippen molar-refractivity contribution in [2.75, 3.05) is 58.9 Å². The van der Waals surface area contributed by atoms with Crippen LogP contribution in [0.15, 0.2) is 24.4 Å². The maximum absolute atomic E-state index is 12.7. The molecule has 0 aliphatic carbocycles. The lowest BCUT2D eigenvalue weighted by Gasteiger charge is -2.35. The van der Waals surface area contributed by atoms with Crippen LogP contribution in [0.5, 0.6) is 0 Å². The van der Waals surface area contributed by atoms with Gasteiger partial charge in [-0.2, -0.15) is 0 Å². The number of carbonyl (C=O) groups is 1. The fourth-order valence-corrected chi connectivity index (χ4v) is 8.40. The van der Waals surface area contributed by atoms with Crippen LogP contribution >= 0.6 is 0 Å². The second kappa shape index (κ2) is 12.8. The molecule has 0 unspecified atom stereocenters. The van der Waals surface area contributed by atoms with Gasteiger partial charge >= 0.3 is 0 Å². The summed E-state index contributed by atoms with van der Waals surface area (Å²) in [6.45, 7) is 18.3. The summed E-state index contributed by atoms with van der Waals surface area (Å²) >= 11 is 0. The first-order chi connectivity index (χ1) is 20.2. The molecule has 4 aliphatic rings. The van der Waals surface area contributed by atoms with Gasteiger partial charge in [0.1, 0.15) is 0 Å². The first-order valence-electron chi connectivity index (χ1n) is 17.0. The molecular formula is C36H55N5O. The Morgan fingerprint density at radius 3 is 2.12 bits per heavy atom. The molecule has 4 aliphatic heterocycles. The lowest BCUT2D eigenvalue weighted by Crippen LogP contribution is -2.50. The van der Waals surface area contributed by atoms with Crippen LogP contribution in [0.3, 0.4) is 0 Å². The maximum Gasteiger partial charge on any atom is 0.236 e. The molecule has 6 rings (SSSR count). The van der Waals surface area contributed by atoms with Crippen molar-refractivity contribution in [3.05, 3.63) is 46.6 Å². The summed E-state index contributed by atoms with van der Waals surface area (Å²) in [5.41, 5.74) is 8.65. The van der Waals surface area contributed by atoms with Crippen molar-refractivity contribution in [1.82, 2.24) is 24.6 Å². The highest BCUT2D eigenvalue weighted by Gasteiger charge is 2.41. The lowest BCUT2D eigenvalue weighted by molar-refractivity contribution is -0.131. The predicted octanol–water partition coefficient (Wildman–Crippen LogP) is 5.67. The van der Waals surface area contributed by atoms with Gasteiger partial charge in [-0.3, -0.25) is 14.6 Å². The molecule has 2 aromatic rings. The number of hydrogen-bond donors (Lipinski definition) is 1. The van der Waals surface area contributed by atoms with E-state index < -0.39 is 0 Å². The van der Waals surface area contributed by atoms with Crippen molar-refractivity contribution in [2.45, 2.75) is 97.6 Å². The van der Waals surface area contributed by atoms with E-state index in [1.165, 1.54) is 85.0 Å². The zero-order valence-electron chi connectivity index (χ0n) is 26.9. The van der Waals surface area contributed by atoms with E-state index in [2.05, 4.69) is 76.7 Å². The molecule has 6 nitrogen and oxygen atoms in total. The average molecular weight is 574 g/mol. The number of aromatic nitrogens is 1. The van der Waals surface area contributed by atoms with Crippen LogP contribution < -0.4 is 0 Å². The Morgan fingerprint density at radius 2 is 1.48 bits per heavy atom. The van der Waals surface area contributed by atoms with Gasteiger partial charge in [0.2, 0.25) is 5.91 Å². The van der Waals surface area contributed by atoms with Crippen LogP contribution in [0.2, 0.25) is 0 Å². The molecular weight excluding hydrogens is 518 g/mol. The summed E-state index contributed by atoms with van der Waals surface area (Å²) in [5.74, 6) is 0.330. The molecule has 0 spiro atoms. The van der Waals surface area contributed by atoms with Gasteiger partial charge in [0.05, 0.1) is 6.54 Å². The monoisotopic (exact) mass is 573 g/mol. The number of hydrogen-bond acceptors (Lipinski definition) is 4. The van der Waals surface area contributed by atoms with Crippen molar-refractivity contribution in [1.29, 1.82) is 0 Å². The molecule has 1 amide bonds. The first kappa shape index (κ1) is 29.9. The number of piperazine rings is 1. The van der Waals surface area contributed by atoms with Crippen LogP contribution in [0.1, 0.15) is 81.0 Å². The number of fused-ring (bicyclic) bond motifs is 2. The maximum atomic E-state index is 12.7. The highest BCUT2D eigenvalue weighted by atomic mass is 16.2. The molecule has 4 saturated heterocycles. The Morgan fingerprint density at radius 1 is 0.857 bits per heavy atom. The molecule has 0 saturated carbocycles. The summed E-state index contributed by atoms with van der Waals surface area (Å²) in [6, 6.07) is 8.67. The van der Waals surface area contributed by atoms with Crippen molar-refractivity contribution in [3.8, 4) is 11.3 Å². The molecule has 230 valence electrons. The third-order valence-electron chi connectivity index (χ3n) is 10.8. The number of nitrogens with one attached hydrogen (secondary N) is 1.